The summed E-state index contributed by atoms with van der Waals surface area (Å²) in [5, 5.41) is 8.56. The number of ether oxygens (including phenoxy) is 10. The van der Waals surface area contributed by atoms with Crippen molar-refractivity contribution in [1.29, 1.82) is 0 Å². The number of esters is 1. The van der Waals surface area contributed by atoms with Gasteiger partial charge in [0.1, 0.15) is 0 Å². The number of hydrogen-bond acceptors (Lipinski definition) is 12. The monoisotopic (exact) mass is 634 g/mol. The molecule has 0 radical (unpaired) electrons. The average Bonchev–Trinajstić information content (AvgIpc) is 2.99. The first kappa shape index (κ1) is 39.0. The Kier molecular flexibility index (Phi) is 25.0. The van der Waals surface area contributed by atoms with Crippen molar-refractivity contribution in [1.82, 2.24) is 0 Å². The normalized spacial score (nSPS) is 11.4. The second kappa shape index (κ2) is 27.6. The number of halogens is 4. The molecular formula is C27H42F4O12. The summed E-state index contributed by atoms with van der Waals surface area (Å²) in [5.41, 5.74) is 0. The molecule has 1 N–H and O–H groups in total. The van der Waals surface area contributed by atoms with Crippen LogP contribution in [0.5, 0.6) is 5.75 Å². The van der Waals surface area contributed by atoms with Crippen molar-refractivity contribution in [3.8, 4) is 5.75 Å². The first-order valence-corrected chi connectivity index (χ1v) is 13.8. The first-order valence-electron chi connectivity index (χ1n) is 13.8. The number of carbonyl (C=O) groups is 1. The molecule has 250 valence electrons. The molecule has 0 amide bonds. The van der Waals surface area contributed by atoms with Crippen molar-refractivity contribution in [3.63, 3.8) is 0 Å². The number of carbonyl (C=O) groups excluding carboxylic acids is 1. The van der Waals surface area contributed by atoms with Crippen LogP contribution in [-0.4, -0.2) is 137 Å². The van der Waals surface area contributed by atoms with Crippen LogP contribution >= 0.6 is 0 Å². The van der Waals surface area contributed by atoms with Gasteiger partial charge in [-0.3, -0.25) is 4.79 Å². The Balaban J connectivity index is 1.76. The summed E-state index contributed by atoms with van der Waals surface area (Å²) in [4.78, 5) is 11.6. The zero-order chi connectivity index (χ0) is 31.4. The van der Waals surface area contributed by atoms with Crippen LogP contribution in [0, 0.1) is 23.3 Å². The highest BCUT2D eigenvalue weighted by molar-refractivity contribution is 5.72. The van der Waals surface area contributed by atoms with Crippen LogP contribution in [0.1, 0.15) is 6.42 Å². The van der Waals surface area contributed by atoms with E-state index in [-0.39, 0.29) is 32.5 Å². The summed E-state index contributed by atoms with van der Waals surface area (Å²) in [6, 6.07) is 0.0166. The van der Waals surface area contributed by atoms with Gasteiger partial charge in [-0.25, -0.2) is 8.78 Å². The minimum atomic E-state index is -1.79. The summed E-state index contributed by atoms with van der Waals surface area (Å²) in [7, 11) is 0. The van der Waals surface area contributed by atoms with Gasteiger partial charge in [-0.15, -0.1) is 0 Å². The molecule has 16 heteroatoms. The van der Waals surface area contributed by atoms with Gasteiger partial charge in [-0.2, -0.15) is 8.78 Å². The third-order valence-corrected chi connectivity index (χ3v) is 4.95. The lowest BCUT2D eigenvalue weighted by Crippen LogP contribution is -2.16. The smallest absolute Gasteiger partial charge is 0.313 e. The third kappa shape index (κ3) is 21.4. The maximum Gasteiger partial charge on any atom is 0.313 e. The predicted octanol–water partition coefficient (Wildman–Crippen LogP) is 1.68. The van der Waals surface area contributed by atoms with Gasteiger partial charge in [0.05, 0.1) is 132 Å². The fraction of sp³-hybridized carbons (Fsp3) is 0.741. The molecule has 0 aliphatic carbocycles. The highest BCUT2D eigenvalue weighted by atomic mass is 19.2. The third-order valence-electron chi connectivity index (χ3n) is 4.95. The van der Waals surface area contributed by atoms with E-state index in [9.17, 15) is 22.4 Å². The van der Waals surface area contributed by atoms with Gasteiger partial charge < -0.3 is 52.5 Å². The van der Waals surface area contributed by atoms with Crippen LogP contribution in [0.2, 0.25) is 0 Å². The molecular weight excluding hydrogens is 592 g/mol. The number of benzene rings is 1. The van der Waals surface area contributed by atoms with Gasteiger partial charge in [-0.1, -0.05) is 0 Å². The van der Waals surface area contributed by atoms with E-state index < -0.39 is 41.4 Å². The van der Waals surface area contributed by atoms with Crippen molar-refractivity contribution in [2.45, 2.75) is 6.42 Å². The van der Waals surface area contributed by atoms with Crippen LogP contribution in [0.4, 0.5) is 17.6 Å². The van der Waals surface area contributed by atoms with Crippen molar-refractivity contribution < 1.29 is 74.8 Å². The summed E-state index contributed by atoms with van der Waals surface area (Å²) in [6.45, 7) is 6.41. The molecule has 0 fully saturated rings. The summed E-state index contributed by atoms with van der Waals surface area (Å²) in [6.07, 6.45) is -0.392. The zero-order valence-electron chi connectivity index (χ0n) is 24.2. The summed E-state index contributed by atoms with van der Waals surface area (Å²) < 4.78 is 105. The molecule has 0 atom stereocenters. The Hall–Kier alpha value is -1.99. The Morgan fingerprint density at radius 1 is 0.488 bits per heavy atom. The molecule has 0 aliphatic rings. The maximum atomic E-state index is 13.5. The lowest BCUT2D eigenvalue weighted by atomic mass is 10.3. The van der Waals surface area contributed by atoms with E-state index in [0.29, 0.717) is 99.1 Å². The van der Waals surface area contributed by atoms with E-state index in [1.54, 1.807) is 0 Å². The van der Waals surface area contributed by atoms with E-state index >= 15 is 0 Å². The molecule has 0 aliphatic heterocycles. The Morgan fingerprint density at radius 3 is 1.07 bits per heavy atom. The van der Waals surface area contributed by atoms with E-state index in [4.69, 9.17) is 47.7 Å². The fourth-order valence-corrected chi connectivity index (χ4v) is 2.89. The molecule has 0 bridgehead atoms. The molecule has 12 nitrogen and oxygen atoms in total. The second-order valence-corrected chi connectivity index (χ2v) is 8.26. The molecule has 1 aromatic carbocycles. The average molecular weight is 635 g/mol. The number of aliphatic hydroxyl groups is 1. The lowest BCUT2D eigenvalue weighted by molar-refractivity contribution is -0.136. The Bertz CT molecular complexity index is 811. The van der Waals surface area contributed by atoms with E-state index in [0.717, 1.165) is 0 Å². The first-order chi connectivity index (χ1) is 21.0. The van der Waals surface area contributed by atoms with Crippen LogP contribution in [0.3, 0.4) is 0 Å². The van der Waals surface area contributed by atoms with Gasteiger partial charge in [0.2, 0.25) is 17.4 Å². The van der Waals surface area contributed by atoms with Gasteiger partial charge in [0.25, 0.3) is 0 Å². The van der Waals surface area contributed by atoms with Gasteiger partial charge in [0.15, 0.2) is 11.6 Å². The standard InChI is InChI=1S/C27H42F4O12/c28-22-21-23(29)26(31)27(25(22)30)43-24(33)1-3-34-5-7-36-9-11-38-13-15-40-17-19-42-20-18-41-16-14-39-12-10-37-8-6-35-4-2-32/h21,32H,1-20H2. The van der Waals surface area contributed by atoms with Gasteiger partial charge >= 0.3 is 5.97 Å². The quantitative estimate of drug-likeness (QED) is 0.0435. The number of rotatable bonds is 30. The van der Waals surface area contributed by atoms with Crippen LogP contribution in [-0.2, 0) is 47.4 Å². The van der Waals surface area contributed by atoms with Crippen LogP contribution in [0.15, 0.2) is 6.07 Å². The number of aliphatic hydroxyl groups excluding tert-OH is 1. The van der Waals surface area contributed by atoms with E-state index in [1.165, 1.54) is 0 Å². The Labute approximate surface area is 248 Å². The van der Waals surface area contributed by atoms with Gasteiger partial charge in [0, 0.05) is 6.07 Å². The Morgan fingerprint density at radius 2 is 0.767 bits per heavy atom. The van der Waals surface area contributed by atoms with Crippen molar-refractivity contribution in [2.24, 2.45) is 0 Å². The zero-order valence-corrected chi connectivity index (χ0v) is 24.2. The highest BCUT2D eigenvalue weighted by Gasteiger charge is 2.22. The molecule has 0 heterocycles. The molecule has 0 saturated carbocycles. The van der Waals surface area contributed by atoms with E-state index in [2.05, 4.69) is 4.74 Å². The van der Waals surface area contributed by atoms with Gasteiger partial charge in [-0.05, 0) is 0 Å². The molecule has 43 heavy (non-hydrogen) atoms. The minimum Gasteiger partial charge on any atom is -0.420 e. The fourth-order valence-electron chi connectivity index (χ4n) is 2.89. The minimum absolute atomic E-state index is 0.00182. The molecule has 1 rings (SSSR count). The molecule has 0 saturated heterocycles. The highest BCUT2D eigenvalue weighted by Crippen LogP contribution is 2.26. The predicted molar refractivity (Wildman–Crippen MR) is 141 cm³/mol. The summed E-state index contributed by atoms with van der Waals surface area (Å²) >= 11 is 0. The van der Waals surface area contributed by atoms with Crippen LogP contribution in [0.25, 0.3) is 0 Å². The van der Waals surface area contributed by atoms with Crippen LogP contribution < -0.4 is 4.74 Å². The summed E-state index contributed by atoms with van der Waals surface area (Å²) in [5.74, 6) is -9.48. The SMILES string of the molecule is O=C(CCOCCOCCOCCOCCOCCOCCOCCOCCOCCO)Oc1c(F)c(F)cc(F)c1F. The van der Waals surface area contributed by atoms with Crippen molar-refractivity contribution in [3.05, 3.63) is 29.3 Å². The topological polar surface area (TPSA) is 130 Å². The molecule has 1 aromatic rings. The molecule has 0 spiro atoms. The lowest BCUT2D eigenvalue weighted by Gasteiger charge is -2.09. The second-order valence-electron chi connectivity index (χ2n) is 8.26. The molecule has 0 unspecified atom stereocenters. The van der Waals surface area contributed by atoms with Crippen molar-refractivity contribution in [2.75, 3.05) is 126 Å². The van der Waals surface area contributed by atoms with Crippen molar-refractivity contribution >= 4 is 5.97 Å². The number of hydrogen-bond donors (Lipinski definition) is 1. The van der Waals surface area contributed by atoms with E-state index in [1.807, 2.05) is 0 Å². The largest absolute Gasteiger partial charge is 0.420 e. The maximum absolute atomic E-state index is 13.5. The molecule has 0 aromatic heterocycles.